The van der Waals surface area contributed by atoms with Gasteiger partial charge in [-0.3, -0.25) is 9.59 Å². The van der Waals surface area contributed by atoms with E-state index in [-0.39, 0.29) is 18.0 Å². The van der Waals surface area contributed by atoms with Gasteiger partial charge in [0.1, 0.15) is 5.82 Å². The summed E-state index contributed by atoms with van der Waals surface area (Å²) < 4.78 is 39.3. The summed E-state index contributed by atoms with van der Waals surface area (Å²) in [6.45, 7) is 0.628. The van der Waals surface area contributed by atoms with Crippen LogP contribution in [0.15, 0.2) is 42.5 Å². The molecule has 1 aliphatic heterocycles. The normalized spacial score (nSPS) is 17.0. The van der Waals surface area contributed by atoms with Gasteiger partial charge in [0.25, 0.3) is 5.91 Å². The minimum atomic E-state index is -1.08. The second-order valence-corrected chi connectivity index (χ2v) is 6.22. The minimum Gasteiger partial charge on any atom is -0.338 e. The number of benzene rings is 2. The zero-order valence-corrected chi connectivity index (χ0v) is 13.8. The molecule has 0 unspecified atom stereocenters. The highest BCUT2D eigenvalue weighted by Crippen LogP contribution is 2.21. The molecule has 1 N–H and O–H groups in total. The molecule has 0 aromatic heterocycles. The quantitative estimate of drug-likeness (QED) is 0.907. The predicted molar refractivity (Wildman–Crippen MR) is 90.0 cm³/mol. The molecule has 0 bridgehead atoms. The SMILES string of the molecule is O=C(Nc1ccc(F)cc1)[C@@H]1CCCN(C(=O)c2ccc(F)c(F)c2)C1. The third-order valence-corrected chi connectivity index (χ3v) is 4.36. The smallest absolute Gasteiger partial charge is 0.253 e. The molecule has 1 fully saturated rings. The molecule has 0 aliphatic carbocycles. The van der Waals surface area contributed by atoms with Crippen LogP contribution < -0.4 is 5.32 Å². The van der Waals surface area contributed by atoms with Crippen molar-refractivity contribution in [3.8, 4) is 0 Å². The second kappa shape index (κ2) is 7.59. The van der Waals surface area contributed by atoms with Gasteiger partial charge >= 0.3 is 0 Å². The van der Waals surface area contributed by atoms with Gasteiger partial charge in [-0.25, -0.2) is 13.2 Å². The van der Waals surface area contributed by atoms with Gasteiger partial charge in [0.2, 0.25) is 5.91 Å². The van der Waals surface area contributed by atoms with Crippen LogP contribution in [0.4, 0.5) is 18.9 Å². The summed E-state index contributed by atoms with van der Waals surface area (Å²) in [5.74, 6) is -3.63. The van der Waals surface area contributed by atoms with E-state index in [1.165, 1.54) is 35.2 Å². The number of carbonyl (C=O) groups excluding carboxylic acids is 2. The number of amides is 2. The van der Waals surface area contributed by atoms with E-state index in [1.807, 2.05) is 0 Å². The fourth-order valence-electron chi connectivity index (χ4n) is 2.96. The first kappa shape index (κ1) is 18.0. The molecular weight excluding hydrogens is 345 g/mol. The first-order valence-electron chi connectivity index (χ1n) is 8.25. The molecule has 1 atom stereocenters. The van der Waals surface area contributed by atoms with Crippen molar-refractivity contribution in [1.29, 1.82) is 0 Å². The standard InChI is InChI=1S/C19H17F3N2O2/c20-14-4-6-15(7-5-14)23-18(25)13-2-1-9-24(11-13)19(26)12-3-8-16(21)17(22)10-12/h3-8,10,13H,1-2,9,11H2,(H,23,25)/t13-/m1/s1. The lowest BCUT2D eigenvalue weighted by atomic mass is 9.96. The minimum absolute atomic E-state index is 0.0449. The van der Waals surface area contributed by atoms with Crippen molar-refractivity contribution in [3.63, 3.8) is 0 Å². The summed E-state index contributed by atoms with van der Waals surface area (Å²) in [4.78, 5) is 26.4. The first-order valence-corrected chi connectivity index (χ1v) is 8.25. The molecule has 0 spiro atoms. The third-order valence-electron chi connectivity index (χ3n) is 4.36. The lowest BCUT2D eigenvalue weighted by Crippen LogP contribution is -2.43. The number of hydrogen-bond acceptors (Lipinski definition) is 2. The number of nitrogens with one attached hydrogen (secondary N) is 1. The van der Waals surface area contributed by atoms with Gasteiger partial charge in [-0.15, -0.1) is 0 Å². The molecule has 136 valence electrons. The predicted octanol–water partition coefficient (Wildman–Crippen LogP) is 3.59. The van der Waals surface area contributed by atoms with Crippen molar-refractivity contribution < 1.29 is 22.8 Å². The van der Waals surface area contributed by atoms with E-state index in [0.717, 1.165) is 12.1 Å². The summed E-state index contributed by atoms with van der Waals surface area (Å²) in [6, 6.07) is 8.40. The summed E-state index contributed by atoms with van der Waals surface area (Å²) in [6.07, 6.45) is 1.23. The molecule has 1 heterocycles. The van der Waals surface area contributed by atoms with Crippen LogP contribution in [0.2, 0.25) is 0 Å². The number of halogens is 3. The molecule has 2 aromatic carbocycles. The number of nitrogens with zero attached hydrogens (tertiary/aromatic N) is 1. The number of piperidine rings is 1. The Kier molecular flexibility index (Phi) is 5.25. The van der Waals surface area contributed by atoms with Gasteiger partial charge in [0.15, 0.2) is 11.6 Å². The average molecular weight is 362 g/mol. The van der Waals surface area contributed by atoms with Crippen LogP contribution in [-0.2, 0) is 4.79 Å². The third kappa shape index (κ3) is 4.04. The van der Waals surface area contributed by atoms with Crippen molar-refractivity contribution >= 4 is 17.5 Å². The zero-order valence-electron chi connectivity index (χ0n) is 13.8. The highest BCUT2D eigenvalue weighted by molar-refractivity contribution is 5.96. The van der Waals surface area contributed by atoms with Gasteiger partial charge < -0.3 is 10.2 Å². The van der Waals surface area contributed by atoms with Crippen molar-refractivity contribution in [2.45, 2.75) is 12.8 Å². The molecular formula is C19H17F3N2O2. The fraction of sp³-hybridized carbons (Fsp3) is 0.263. The van der Waals surface area contributed by atoms with Crippen molar-refractivity contribution in [2.75, 3.05) is 18.4 Å². The summed E-state index contributed by atoms with van der Waals surface area (Å²) >= 11 is 0. The van der Waals surface area contributed by atoms with Crippen LogP contribution in [0.1, 0.15) is 23.2 Å². The Bertz CT molecular complexity index is 824. The highest BCUT2D eigenvalue weighted by atomic mass is 19.2. The van der Waals surface area contributed by atoms with Crippen LogP contribution in [-0.4, -0.2) is 29.8 Å². The van der Waals surface area contributed by atoms with Crippen LogP contribution in [0.3, 0.4) is 0 Å². The van der Waals surface area contributed by atoms with Crippen LogP contribution >= 0.6 is 0 Å². The Morgan fingerprint density at radius 2 is 1.73 bits per heavy atom. The molecule has 1 saturated heterocycles. The van der Waals surface area contributed by atoms with Gasteiger partial charge in [-0.05, 0) is 55.3 Å². The van der Waals surface area contributed by atoms with E-state index in [0.29, 0.717) is 25.1 Å². The Morgan fingerprint density at radius 1 is 1.00 bits per heavy atom. The Balaban J connectivity index is 1.66. The van der Waals surface area contributed by atoms with Gasteiger partial charge in [0, 0.05) is 24.3 Å². The maximum Gasteiger partial charge on any atom is 0.253 e. The Labute approximate surface area is 148 Å². The van der Waals surface area contributed by atoms with E-state index >= 15 is 0 Å². The van der Waals surface area contributed by atoms with Crippen molar-refractivity contribution in [1.82, 2.24) is 4.90 Å². The number of carbonyl (C=O) groups is 2. The zero-order chi connectivity index (χ0) is 18.7. The lowest BCUT2D eigenvalue weighted by molar-refractivity contribution is -0.121. The Morgan fingerprint density at radius 3 is 2.42 bits per heavy atom. The largest absolute Gasteiger partial charge is 0.338 e. The molecule has 2 amide bonds. The van der Waals surface area contributed by atoms with Gasteiger partial charge in [0.05, 0.1) is 5.92 Å². The first-order chi connectivity index (χ1) is 12.4. The molecule has 2 aromatic rings. The molecule has 4 nitrogen and oxygen atoms in total. The maximum atomic E-state index is 13.3. The molecule has 0 radical (unpaired) electrons. The van der Waals surface area contributed by atoms with Gasteiger partial charge in [-0.2, -0.15) is 0 Å². The van der Waals surface area contributed by atoms with E-state index in [4.69, 9.17) is 0 Å². The number of rotatable bonds is 3. The lowest BCUT2D eigenvalue weighted by Gasteiger charge is -2.32. The molecule has 26 heavy (non-hydrogen) atoms. The fourth-order valence-corrected chi connectivity index (χ4v) is 2.96. The summed E-state index contributed by atoms with van der Waals surface area (Å²) in [7, 11) is 0. The van der Waals surface area contributed by atoms with E-state index < -0.39 is 29.3 Å². The molecule has 0 saturated carbocycles. The second-order valence-electron chi connectivity index (χ2n) is 6.22. The summed E-state index contributed by atoms with van der Waals surface area (Å²) in [5.41, 5.74) is 0.518. The van der Waals surface area contributed by atoms with Crippen LogP contribution in [0.5, 0.6) is 0 Å². The molecule has 7 heteroatoms. The average Bonchev–Trinajstić information content (AvgIpc) is 2.65. The molecule has 1 aliphatic rings. The Hall–Kier alpha value is -2.83. The topological polar surface area (TPSA) is 49.4 Å². The van der Waals surface area contributed by atoms with E-state index in [2.05, 4.69) is 5.32 Å². The number of likely N-dealkylation sites (tertiary alicyclic amines) is 1. The van der Waals surface area contributed by atoms with Gasteiger partial charge in [-0.1, -0.05) is 0 Å². The maximum absolute atomic E-state index is 13.3. The van der Waals surface area contributed by atoms with Crippen LogP contribution in [0.25, 0.3) is 0 Å². The number of hydrogen-bond donors (Lipinski definition) is 1. The molecule has 3 rings (SSSR count). The van der Waals surface area contributed by atoms with E-state index in [1.54, 1.807) is 0 Å². The summed E-state index contributed by atoms with van der Waals surface area (Å²) in [5, 5.41) is 2.70. The van der Waals surface area contributed by atoms with Crippen LogP contribution in [0, 0.1) is 23.4 Å². The monoisotopic (exact) mass is 362 g/mol. The van der Waals surface area contributed by atoms with Crippen molar-refractivity contribution in [2.24, 2.45) is 5.92 Å². The van der Waals surface area contributed by atoms with Crippen molar-refractivity contribution in [3.05, 3.63) is 65.5 Å². The van der Waals surface area contributed by atoms with E-state index in [9.17, 15) is 22.8 Å². The number of anilines is 1. The highest BCUT2D eigenvalue weighted by Gasteiger charge is 2.29.